The molecule has 0 atom stereocenters. The Balaban J connectivity index is 1.53. The first-order valence-corrected chi connectivity index (χ1v) is 13.0. The number of sulfonamides is 1. The standard InChI is InChI=1S/C24H30ClN3O4S/c1-27-11-13-28(14-12-27)33(30,31)22-17-19(7-8-21(22)25)23(29)26-18-24(9-15-32-16-10-24)20-5-3-2-4-6-20/h2-8,17H,9-16,18H2,1H3,(H,26,29). The van der Waals surface area contributed by atoms with Gasteiger partial charge >= 0.3 is 0 Å². The second-order valence-corrected chi connectivity index (χ2v) is 11.1. The van der Waals surface area contributed by atoms with Gasteiger partial charge in [0.15, 0.2) is 0 Å². The molecule has 178 valence electrons. The summed E-state index contributed by atoms with van der Waals surface area (Å²) in [6, 6.07) is 14.6. The number of benzene rings is 2. The summed E-state index contributed by atoms with van der Waals surface area (Å²) in [7, 11) is -1.82. The highest BCUT2D eigenvalue weighted by molar-refractivity contribution is 7.89. The van der Waals surface area contributed by atoms with Crippen LogP contribution in [0.5, 0.6) is 0 Å². The summed E-state index contributed by atoms with van der Waals surface area (Å²) in [6.07, 6.45) is 1.61. The van der Waals surface area contributed by atoms with Crippen LogP contribution in [-0.2, 0) is 20.2 Å². The van der Waals surface area contributed by atoms with Gasteiger partial charge in [-0.3, -0.25) is 4.79 Å². The number of nitrogens with one attached hydrogen (secondary N) is 1. The maximum Gasteiger partial charge on any atom is 0.251 e. The number of rotatable bonds is 6. The molecule has 2 saturated heterocycles. The minimum absolute atomic E-state index is 0.0230. The van der Waals surface area contributed by atoms with Gasteiger partial charge in [-0.2, -0.15) is 4.31 Å². The summed E-state index contributed by atoms with van der Waals surface area (Å²) >= 11 is 6.27. The average Bonchev–Trinajstić information content (AvgIpc) is 2.84. The van der Waals surface area contributed by atoms with Gasteiger partial charge in [-0.15, -0.1) is 0 Å². The molecule has 9 heteroatoms. The van der Waals surface area contributed by atoms with Crippen LogP contribution in [0.3, 0.4) is 0 Å². The Hall–Kier alpha value is -1.97. The van der Waals surface area contributed by atoms with Crippen molar-refractivity contribution in [3.8, 4) is 0 Å². The fraction of sp³-hybridized carbons (Fsp3) is 0.458. The van der Waals surface area contributed by atoms with Crippen molar-refractivity contribution in [1.82, 2.24) is 14.5 Å². The summed E-state index contributed by atoms with van der Waals surface area (Å²) in [6.45, 7) is 3.83. The van der Waals surface area contributed by atoms with Gasteiger partial charge in [0.25, 0.3) is 5.91 Å². The number of nitrogens with zero attached hydrogens (tertiary/aromatic N) is 2. The van der Waals surface area contributed by atoms with E-state index in [-0.39, 0.29) is 26.8 Å². The van der Waals surface area contributed by atoms with Crippen molar-refractivity contribution in [2.24, 2.45) is 0 Å². The van der Waals surface area contributed by atoms with Gasteiger partial charge < -0.3 is 15.0 Å². The highest BCUT2D eigenvalue weighted by Crippen LogP contribution is 2.34. The van der Waals surface area contributed by atoms with Crippen molar-refractivity contribution in [3.63, 3.8) is 0 Å². The molecule has 0 aliphatic carbocycles. The quantitative estimate of drug-likeness (QED) is 0.672. The third-order valence-corrected chi connectivity index (χ3v) is 9.08. The van der Waals surface area contributed by atoms with Gasteiger partial charge in [0.05, 0.1) is 5.02 Å². The second-order valence-electron chi connectivity index (χ2n) is 8.79. The Bertz CT molecular complexity index is 1080. The molecular weight excluding hydrogens is 462 g/mol. The molecule has 0 bridgehead atoms. The first-order chi connectivity index (χ1) is 15.8. The lowest BCUT2D eigenvalue weighted by Gasteiger charge is -2.38. The summed E-state index contributed by atoms with van der Waals surface area (Å²) in [4.78, 5) is 15.1. The molecule has 7 nitrogen and oxygen atoms in total. The normalized spacial score (nSPS) is 19.8. The average molecular weight is 492 g/mol. The van der Waals surface area contributed by atoms with E-state index in [0.717, 1.165) is 12.8 Å². The predicted molar refractivity (Wildman–Crippen MR) is 128 cm³/mol. The van der Waals surface area contributed by atoms with E-state index in [4.69, 9.17) is 16.3 Å². The van der Waals surface area contributed by atoms with Crippen LogP contribution < -0.4 is 5.32 Å². The van der Waals surface area contributed by atoms with E-state index in [9.17, 15) is 13.2 Å². The van der Waals surface area contributed by atoms with Crippen molar-refractivity contribution in [1.29, 1.82) is 0 Å². The minimum atomic E-state index is -3.78. The van der Waals surface area contributed by atoms with Crippen molar-refractivity contribution in [3.05, 3.63) is 64.7 Å². The molecular formula is C24H30ClN3O4S. The summed E-state index contributed by atoms with van der Waals surface area (Å²) in [5.74, 6) is -0.316. The summed E-state index contributed by atoms with van der Waals surface area (Å²) in [5.41, 5.74) is 1.24. The Labute approximate surface area is 200 Å². The van der Waals surface area contributed by atoms with Crippen LogP contribution in [-0.4, -0.2) is 76.5 Å². The zero-order valence-electron chi connectivity index (χ0n) is 18.8. The molecule has 2 aromatic carbocycles. The molecule has 2 aliphatic heterocycles. The highest BCUT2D eigenvalue weighted by Gasteiger charge is 2.35. The molecule has 0 aromatic heterocycles. The third-order valence-electron chi connectivity index (χ3n) is 6.70. The van der Waals surface area contributed by atoms with E-state index in [1.54, 1.807) is 6.07 Å². The predicted octanol–water partition coefficient (Wildman–Crippen LogP) is 2.75. The zero-order valence-corrected chi connectivity index (χ0v) is 20.4. The van der Waals surface area contributed by atoms with Gasteiger partial charge in [-0.1, -0.05) is 41.9 Å². The van der Waals surface area contributed by atoms with Crippen LogP contribution in [0.1, 0.15) is 28.8 Å². The van der Waals surface area contributed by atoms with Crippen molar-refractivity contribution in [2.45, 2.75) is 23.2 Å². The first-order valence-electron chi connectivity index (χ1n) is 11.2. The Morgan fingerprint density at radius 1 is 1.06 bits per heavy atom. The van der Waals surface area contributed by atoms with Gasteiger partial charge in [0.2, 0.25) is 10.0 Å². The second kappa shape index (κ2) is 10.1. The molecule has 0 saturated carbocycles. The fourth-order valence-corrected chi connectivity index (χ4v) is 6.41. The molecule has 1 amide bonds. The third kappa shape index (κ3) is 5.25. The van der Waals surface area contributed by atoms with Crippen LogP contribution >= 0.6 is 11.6 Å². The van der Waals surface area contributed by atoms with E-state index in [1.165, 1.54) is 22.0 Å². The molecule has 2 heterocycles. The first kappa shape index (κ1) is 24.2. The fourth-order valence-electron chi connectivity index (χ4n) is 4.48. The molecule has 2 fully saturated rings. The van der Waals surface area contributed by atoms with Gasteiger partial charge in [0.1, 0.15) is 4.90 Å². The van der Waals surface area contributed by atoms with Crippen molar-refractivity contribution < 1.29 is 17.9 Å². The van der Waals surface area contributed by atoms with Crippen molar-refractivity contribution in [2.75, 3.05) is 53.0 Å². The van der Waals surface area contributed by atoms with Gasteiger partial charge in [0, 0.05) is 56.9 Å². The molecule has 0 spiro atoms. The van der Waals surface area contributed by atoms with E-state index < -0.39 is 10.0 Å². The van der Waals surface area contributed by atoms with Crippen LogP contribution in [0, 0.1) is 0 Å². The number of carbonyl (C=O) groups excluding carboxylic acids is 1. The summed E-state index contributed by atoms with van der Waals surface area (Å²) in [5, 5.41) is 3.16. The number of halogens is 1. The SMILES string of the molecule is CN1CCN(S(=O)(=O)c2cc(C(=O)NCC3(c4ccccc4)CCOCC3)ccc2Cl)CC1. The maximum atomic E-state index is 13.2. The van der Waals surface area contributed by atoms with Crippen molar-refractivity contribution >= 4 is 27.5 Å². The minimum Gasteiger partial charge on any atom is -0.381 e. The molecule has 2 aromatic rings. The van der Waals surface area contributed by atoms with E-state index in [1.807, 2.05) is 25.2 Å². The lowest BCUT2D eigenvalue weighted by molar-refractivity contribution is 0.0487. The maximum absolute atomic E-state index is 13.2. The highest BCUT2D eigenvalue weighted by atomic mass is 35.5. The number of carbonyl (C=O) groups is 1. The lowest BCUT2D eigenvalue weighted by Crippen LogP contribution is -2.47. The van der Waals surface area contributed by atoms with Gasteiger partial charge in [-0.05, 0) is 43.7 Å². The summed E-state index contributed by atoms with van der Waals surface area (Å²) < 4.78 is 33.4. The van der Waals surface area contributed by atoms with E-state index >= 15 is 0 Å². The lowest BCUT2D eigenvalue weighted by atomic mass is 9.74. The van der Waals surface area contributed by atoms with E-state index in [0.29, 0.717) is 45.9 Å². The number of piperazine rings is 1. The molecule has 33 heavy (non-hydrogen) atoms. The largest absolute Gasteiger partial charge is 0.381 e. The smallest absolute Gasteiger partial charge is 0.251 e. The number of hydrogen-bond donors (Lipinski definition) is 1. The number of amides is 1. The molecule has 0 radical (unpaired) electrons. The molecule has 0 unspecified atom stereocenters. The monoisotopic (exact) mass is 491 g/mol. The number of hydrogen-bond acceptors (Lipinski definition) is 5. The van der Waals surface area contributed by atoms with Crippen LogP contribution in [0.15, 0.2) is 53.4 Å². The Kier molecular flexibility index (Phi) is 7.40. The zero-order chi connectivity index (χ0) is 23.5. The van der Waals surface area contributed by atoms with E-state index in [2.05, 4.69) is 22.3 Å². The van der Waals surface area contributed by atoms with Crippen LogP contribution in [0.25, 0.3) is 0 Å². The Morgan fingerprint density at radius 3 is 2.39 bits per heavy atom. The Morgan fingerprint density at radius 2 is 1.73 bits per heavy atom. The molecule has 4 rings (SSSR count). The number of likely N-dealkylation sites (N-methyl/N-ethyl adjacent to an activating group) is 1. The molecule has 2 aliphatic rings. The number of ether oxygens (including phenoxy) is 1. The van der Waals surface area contributed by atoms with Crippen LogP contribution in [0.2, 0.25) is 5.02 Å². The topological polar surface area (TPSA) is 79.0 Å². The molecule has 1 N–H and O–H groups in total. The van der Waals surface area contributed by atoms with Gasteiger partial charge in [-0.25, -0.2) is 8.42 Å². The van der Waals surface area contributed by atoms with Crippen LogP contribution in [0.4, 0.5) is 0 Å².